The molecule has 0 saturated heterocycles. The fourth-order valence-electron chi connectivity index (χ4n) is 2.05. The van der Waals surface area contributed by atoms with Crippen LogP contribution in [-0.2, 0) is 0 Å². The molecule has 2 N–H and O–H groups in total. The van der Waals surface area contributed by atoms with Gasteiger partial charge in [-0.05, 0) is 61.5 Å². The maximum atomic E-state index is 5.35. The van der Waals surface area contributed by atoms with Crippen molar-refractivity contribution in [1.29, 1.82) is 0 Å². The summed E-state index contributed by atoms with van der Waals surface area (Å²) in [6.45, 7) is 4.22. The molecular weight excluding hydrogens is 332 g/mol. The summed E-state index contributed by atoms with van der Waals surface area (Å²) in [4.78, 5) is 0. The fraction of sp³-hybridized carbons (Fsp3) is 0.188. The fourth-order valence-corrected chi connectivity index (χ4v) is 2.61. The second-order valence-corrected chi connectivity index (χ2v) is 6.01. The number of hydrogen-bond donors (Lipinski definition) is 2. The Morgan fingerprint density at radius 3 is 2.40 bits per heavy atom. The summed E-state index contributed by atoms with van der Waals surface area (Å²) in [6.07, 6.45) is 0. The minimum absolute atomic E-state index is 0.173. The maximum Gasteiger partial charge on any atom is 0.171 e. The van der Waals surface area contributed by atoms with Crippen molar-refractivity contribution in [2.45, 2.75) is 19.9 Å². The monoisotopic (exact) mass is 348 g/mol. The van der Waals surface area contributed by atoms with Crippen LogP contribution in [0, 0.1) is 6.92 Å². The highest BCUT2D eigenvalue weighted by Crippen LogP contribution is 2.17. The van der Waals surface area contributed by atoms with Gasteiger partial charge in [-0.3, -0.25) is 0 Å². The largest absolute Gasteiger partial charge is 0.356 e. The van der Waals surface area contributed by atoms with Crippen molar-refractivity contribution < 1.29 is 0 Å². The van der Waals surface area contributed by atoms with Crippen LogP contribution < -0.4 is 10.6 Å². The molecule has 2 aromatic rings. The van der Waals surface area contributed by atoms with Crippen LogP contribution in [0.1, 0.15) is 24.1 Å². The molecule has 0 aliphatic heterocycles. The molecule has 0 heterocycles. The first-order valence-electron chi connectivity index (χ1n) is 6.45. The predicted molar refractivity (Wildman–Crippen MR) is 93.1 cm³/mol. The van der Waals surface area contributed by atoms with Crippen molar-refractivity contribution in [3.05, 3.63) is 64.1 Å². The van der Waals surface area contributed by atoms with Gasteiger partial charge in [-0.25, -0.2) is 0 Å². The van der Waals surface area contributed by atoms with E-state index < -0.39 is 0 Å². The summed E-state index contributed by atoms with van der Waals surface area (Å²) in [7, 11) is 0. The van der Waals surface area contributed by atoms with Crippen molar-refractivity contribution in [1.82, 2.24) is 5.32 Å². The van der Waals surface area contributed by atoms with Crippen LogP contribution >= 0.6 is 28.1 Å². The third-order valence-electron chi connectivity index (χ3n) is 3.10. The molecule has 0 aliphatic rings. The van der Waals surface area contributed by atoms with Crippen LogP contribution in [-0.4, -0.2) is 5.11 Å². The normalized spacial score (nSPS) is 11.8. The summed E-state index contributed by atoms with van der Waals surface area (Å²) in [5.74, 6) is 0. The molecule has 0 aliphatic carbocycles. The number of nitrogens with one attached hydrogen (secondary N) is 2. The SMILES string of the molecule is Cc1ccccc1C(C)NC(=S)Nc1ccc(Br)cc1. The van der Waals surface area contributed by atoms with E-state index in [1.54, 1.807) is 0 Å². The Balaban J connectivity index is 1.98. The van der Waals surface area contributed by atoms with Gasteiger partial charge in [0.05, 0.1) is 6.04 Å². The zero-order valence-corrected chi connectivity index (χ0v) is 13.9. The first-order chi connectivity index (χ1) is 9.56. The number of aryl methyl sites for hydroxylation is 1. The third kappa shape index (κ3) is 4.05. The molecular formula is C16H17BrN2S. The van der Waals surface area contributed by atoms with E-state index in [0.717, 1.165) is 10.2 Å². The van der Waals surface area contributed by atoms with Gasteiger partial charge >= 0.3 is 0 Å². The highest BCUT2D eigenvalue weighted by molar-refractivity contribution is 9.10. The zero-order valence-electron chi connectivity index (χ0n) is 11.5. The molecule has 2 rings (SSSR count). The first-order valence-corrected chi connectivity index (χ1v) is 7.65. The van der Waals surface area contributed by atoms with E-state index >= 15 is 0 Å². The Bertz CT molecular complexity index is 596. The molecule has 4 heteroatoms. The molecule has 0 saturated carbocycles. The maximum absolute atomic E-state index is 5.35. The Morgan fingerprint density at radius 2 is 1.75 bits per heavy atom. The van der Waals surface area contributed by atoms with Gasteiger partial charge in [-0.2, -0.15) is 0 Å². The lowest BCUT2D eigenvalue weighted by Crippen LogP contribution is -2.31. The Hall–Kier alpha value is -1.39. The molecule has 1 atom stereocenters. The van der Waals surface area contributed by atoms with Gasteiger partial charge in [-0.1, -0.05) is 40.2 Å². The number of benzene rings is 2. The molecule has 0 bridgehead atoms. The smallest absolute Gasteiger partial charge is 0.171 e. The molecule has 0 fully saturated rings. The first kappa shape index (κ1) is 15.0. The van der Waals surface area contributed by atoms with Crippen LogP contribution in [0.2, 0.25) is 0 Å². The van der Waals surface area contributed by atoms with E-state index in [4.69, 9.17) is 12.2 Å². The minimum atomic E-state index is 0.173. The molecule has 20 heavy (non-hydrogen) atoms. The molecule has 0 spiro atoms. The van der Waals surface area contributed by atoms with Gasteiger partial charge in [0.1, 0.15) is 0 Å². The van der Waals surface area contributed by atoms with E-state index in [1.807, 2.05) is 36.4 Å². The van der Waals surface area contributed by atoms with Crippen molar-refractivity contribution in [2.75, 3.05) is 5.32 Å². The lowest BCUT2D eigenvalue weighted by Gasteiger charge is -2.19. The van der Waals surface area contributed by atoms with Crippen molar-refractivity contribution in [2.24, 2.45) is 0 Å². The minimum Gasteiger partial charge on any atom is -0.356 e. The Morgan fingerprint density at radius 1 is 1.10 bits per heavy atom. The van der Waals surface area contributed by atoms with Gasteiger partial charge < -0.3 is 10.6 Å². The van der Waals surface area contributed by atoms with Crippen molar-refractivity contribution in [3.8, 4) is 0 Å². The molecule has 0 amide bonds. The lowest BCUT2D eigenvalue weighted by atomic mass is 10.0. The number of thiocarbonyl (C=S) groups is 1. The average Bonchev–Trinajstić information content (AvgIpc) is 2.41. The molecule has 2 nitrogen and oxygen atoms in total. The summed E-state index contributed by atoms with van der Waals surface area (Å²) in [5.41, 5.74) is 3.49. The summed E-state index contributed by atoms with van der Waals surface area (Å²) >= 11 is 8.77. The van der Waals surface area contributed by atoms with Crippen LogP contribution in [0.3, 0.4) is 0 Å². The zero-order chi connectivity index (χ0) is 14.5. The number of anilines is 1. The Labute approximate surface area is 133 Å². The highest BCUT2D eigenvalue weighted by Gasteiger charge is 2.09. The van der Waals surface area contributed by atoms with Gasteiger partial charge in [-0.15, -0.1) is 0 Å². The quantitative estimate of drug-likeness (QED) is 0.778. The standard InChI is InChI=1S/C16H17BrN2S/c1-11-5-3-4-6-15(11)12(2)18-16(20)19-14-9-7-13(17)8-10-14/h3-10,12H,1-2H3,(H2,18,19,20). The molecule has 0 aromatic heterocycles. The number of rotatable bonds is 3. The van der Waals surface area contributed by atoms with Gasteiger partial charge in [0.25, 0.3) is 0 Å². The van der Waals surface area contributed by atoms with E-state index in [-0.39, 0.29) is 6.04 Å². The molecule has 104 valence electrons. The van der Waals surface area contributed by atoms with E-state index in [0.29, 0.717) is 5.11 Å². The van der Waals surface area contributed by atoms with Gasteiger partial charge in [0.2, 0.25) is 0 Å². The van der Waals surface area contributed by atoms with E-state index in [9.17, 15) is 0 Å². The second-order valence-electron chi connectivity index (χ2n) is 4.68. The Kier molecular flexibility index (Phi) is 5.15. The summed E-state index contributed by atoms with van der Waals surface area (Å²) in [6, 6.07) is 16.4. The summed E-state index contributed by atoms with van der Waals surface area (Å²) in [5, 5.41) is 7.13. The second kappa shape index (κ2) is 6.86. The van der Waals surface area contributed by atoms with Crippen molar-refractivity contribution >= 4 is 38.9 Å². The predicted octanol–water partition coefficient (Wildman–Crippen LogP) is 4.81. The van der Waals surface area contributed by atoms with Crippen LogP contribution in [0.15, 0.2) is 53.0 Å². The summed E-state index contributed by atoms with van der Waals surface area (Å²) < 4.78 is 1.05. The third-order valence-corrected chi connectivity index (χ3v) is 3.85. The molecule has 1 unspecified atom stereocenters. The molecule has 0 radical (unpaired) electrons. The average molecular weight is 349 g/mol. The number of halogens is 1. The van der Waals surface area contributed by atoms with E-state index in [2.05, 4.69) is 52.5 Å². The van der Waals surface area contributed by atoms with Crippen LogP contribution in [0.5, 0.6) is 0 Å². The van der Waals surface area contributed by atoms with Crippen LogP contribution in [0.4, 0.5) is 5.69 Å². The van der Waals surface area contributed by atoms with Crippen molar-refractivity contribution in [3.63, 3.8) is 0 Å². The van der Waals surface area contributed by atoms with Crippen LogP contribution in [0.25, 0.3) is 0 Å². The highest BCUT2D eigenvalue weighted by atomic mass is 79.9. The molecule has 2 aromatic carbocycles. The number of hydrogen-bond acceptors (Lipinski definition) is 1. The van der Waals surface area contributed by atoms with Gasteiger partial charge in [0.15, 0.2) is 5.11 Å². The lowest BCUT2D eigenvalue weighted by molar-refractivity contribution is 0.717. The van der Waals surface area contributed by atoms with Gasteiger partial charge in [0, 0.05) is 10.2 Å². The van der Waals surface area contributed by atoms with E-state index in [1.165, 1.54) is 11.1 Å². The topological polar surface area (TPSA) is 24.1 Å².